The van der Waals surface area contributed by atoms with Crippen LogP contribution in [0.2, 0.25) is 0 Å². The summed E-state index contributed by atoms with van der Waals surface area (Å²) in [6.07, 6.45) is 0.307. The molecule has 1 atom stereocenters. The van der Waals surface area contributed by atoms with Gasteiger partial charge in [-0.1, -0.05) is 46.3 Å². The van der Waals surface area contributed by atoms with Crippen LogP contribution in [0.5, 0.6) is 0 Å². The van der Waals surface area contributed by atoms with Crippen LogP contribution in [0.1, 0.15) is 30.7 Å². The summed E-state index contributed by atoms with van der Waals surface area (Å²) in [6, 6.07) is 9.61. The second-order valence-corrected chi connectivity index (χ2v) is 5.28. The van der Waals surface area contributed by atoms with Crippen molar-refractivity contribution in [3.05, 3.63) is 35.9 Å². The third-order valence-electron chi connectivity index (χ3n) is 2.75. The summed E-state index contributed by atoms with van der Waals surface area (Å²) in [5.74, 6) is -1.97. The van der Waals surface area contributed by atoms with Gasteiger partial charge < -0.3 is 9.47 Å². The van der Waals surface area contributed by atoms with Gasteiger partial charge in [-0.2, -0.15) is 0 Å². The van der Waals surface area contributed by atoms with E-state index >= 15 is 0 Å². The van der Waals surface area contributed by atoms with Crippen molar-refractivity contribution in [2.75, 3.05) is 13.2 Å². The van der Waals surface area contributed by atoms with E-state index in [0.717, 1.165) is 5.56 Å². The molecular weight excluding hydrogens is 324 g/mol. The molecule has 0 spiro atoms. The first kappa shape index (κ1) is 16.7. The summed E-state index contributed by atoms with van der Waals surface area (Å²) >= 11 is 3.51. The van der Waals surface area contributed by atoms with E-state index in [1.54, 1.807) is 13.8 Å². The average Bonchev–Trinajstić information content (AvgIpc) is 2.45. The first-order valence-electron chi connectivity index (χ1n) is 6.62. The van der Waals surface area contributed by atoms with Crippen LogP contribution < -0.4 is 0 Å². The van der Waals surface area contributed by atoms with Gasteiger partial charge in [0.2, 0.25) is 0 Å². The van der Waals surface area contributed by atoms with E-state index < -0.39 is 17.9 Å². The van der Waals surface area contributed by atoms with Gasteiger partial charge in [-0.3, -0.25) is 9.59 Å². The zero-order valence-electron chi connectivity index (χ0n) is 11.7. The molecule has 4 nitrogen and oxygen atoms in total. The summed E-state index contributed by atoms with van der Waals surface area (Å²) < 4.78 is 9.90. The summed E-state index contributed by atoms with van der Waals surface area (Å²) in [7, 11) is 0. The minimum atomic E-state index is -0.903. The Labute approximate surface area is 127 Å². The molecule has 0 saturated heterocycles. The maximum absolute atomic E-state index is 11.9. The second kappa shape index (κ2) is 8.74. The maximum atomic E-state index is 11.9. The molecule has 0 aromatic heterocycles. The van der Waals surface area contributed by atoms with Crippen LogP contribution in [0.3, 0.4) is 0 Å². The van der Waals surface area contributed by atoms with Crippen molar-refractivity contribution in [1.82, 2.24) is 0 Å². The molecule has 0 N–H and O–H groups in total. The monoisotopic (exact) mass is 342 g/mol. The Morgan fingerprint density at radius 1 is 1.05 bits per heavy atom. The fourth-order valence-corrected chi connectivity index (χ4v) is 2.46. The average molecular weight is 343 g/mol. The number of carbonyl (C=O) groups is 2. The third kappa shape index (κ3) is 4.96. The Hall–Kier alpha value is -1.36. The SMILES string of the molecule is CCOC(=O)C(CC(Br)c1ccccc1)C(=O)OCC. The number of hydrogen-bond donors (Lipinski definition) is 0. The number of benzene rings is 1. The van der Waals surface area contributed by atoms with Gasteiger partial charge in [-0.15, -0.1) is 0 Å². The largest absolute Gasteiger partial charge is 0.465 e. The molecule has 0 aliphatic carbocycles. The van der Waals surface area contributed by atoms with Crippen LogP contribution in [0.25, 0.3) is 0 Å². The smallest absolute Gasteiger partial charge is 0.320 e. The van der Waals surface area contributed by atoms with Gasteiger partial charge in [-0.05, 0) is 25.8 Å². The van der Waals surface area contributed by atoms with E-state index in [2.05, 4.69) is 15.9 Å². The van der Waals surface area contributed by atoms with Crippen molar-refractivity contribution in [3.63, 3.8) is 0 Å². The first-order valence-corrected chi connectivity index (χ1v) is 7.54. The molecule has 1 aromatic rings. The van der Waals surface area contributed by atoms with E-state index in [1.165, 1.54) is 0 Å². The Balaban J connectivity index is 2.78. The quantitative estimate of drug-likeness (QED) is 0.433. The molecule has 20 heavy (non-hydrogen) atoms. The van der Waals surface area contributed by atoms with E-state index in [4.69, 9.17) is 9.47 Å². The summed E-state index contributed by atoms with van der Waals surface area (Å²) in [6.45, 7) is 3.91. The molecule has 1 aromatic carbocycles. The van der Waals surface area contributed by atoms with Crippen molar-refractivity contribution in [2.24, 2.45) is 5.92 Å². The number of alkyl halides is 1. The van der Waals surface area contributed by atoms with Crippen molar-refractivity contribution < 1.29 is 19.1 Å². The third-order valence-corrected chi connectivity index (χ3v) is 3.65. The molecule has 5 heteroatoms. The van der Waals surface area contributed by atoms with Gasteiger partial charge in [0.05, 0.1) is 13.2 Å². The highest BCUT2D eigenvalue weighted by molar-refractivity contribution is 9.09. The van der Waals surface area contributed by atoms with Gasteiger partial charge in [0, 0.05) is 4.83 Å². The zero-order valence-corrected chi connectivity index (χ0v) is 13.3. The lowest BCUT2D eigenvalue weighted by molar-refractivity contribution is -0.161. The molecule has 0 aliphatic heterocycles. The Bertz CT molecular complexity index is 415. The van der Waals surface area contributed by atoms with E-state index in [0.29, 0.717) is 6.42 Å². The van der Waals surface area contributed by atoms with Crippen LogP contribution in [0, 0.1) is 5.92 Å². The van der Waals surface area contributed by atoms with Gasteiger partial charge in [-0.25, -0.2) is 0 Å². The van der Waals surface area contributed by atoms with Crippen molar-refractivity contribution in [2.45, 2.75) is 25.1 Å². The fourth-order valence-electron chi connectivity index (χ4n) is 1.78. The van der Waals surface area contributed by atoms with Crippen LogP contribution in [-0.2, 0) is 19.1 Å². The lowest BCUT2D eigenvalue weighted by Crippen LogP contribution is -2.29. The standard InChI is InChI=1S/C15H19BrO4/c1-3-19-14(17)12(15(18)20-4-2)10-13(16)11-8-6-5-7-9-11/h5-9,12-13H,3-4,10H2,1-2H3. The molecular formula is C15H19BrO4. The van der Waals surface area contributed by atoms with Crippen molar-refractivity contribution in [1.29, 1.82) is 0 Å². The molecule has 110 valence electrons. The van der Waals surface area contributed by atoms with Crippen LogP contribution in [-0.4, -0.2) is 25.2 Å². The molecule has 0 amide bonds. The summed E-state index contributed by atoms with van der Waals surface area (Å²) in [5, 5.41) is 0. The molecule has 0 heterocycles. The number of halogens is 1. The van der Waals surface area contributed by atoms with Gasteiger partial charge in [0.1, 0.15) is 0 Å². The van der Waals surface area contributed by atoms with Crippen molar-refractivity contribution in [3.8, 4) is 0 Å². The Kier molecular flexibility index (Phi) is 7.30. The molecule has 0 radical (unpaired) electrons. The van der Waals surface area contributed by atoms with Crippen LogP contribution >= 0.6 is 15.9 Å². The highest BCUT2D eigenvalue weighted by atomic mass is 79.9. The molecule has 0 bridgehead atoms. The molecule has 1 unspecified atom stereocenters. The van der Waals surface area contributed by atoms with E-state index in [9.17, 15) is 9.59 Å². The predicted molar refractivity (Wildman–Crippen MR) is 79.5 cm³/mol. The zero-order chi connectivity index (χ0) is 15.0. The van der Waals surface area contributed by atoms with Gasteiger partial charge >= 0.3 is 11.9 Å². The number of ether oxygens (including phenoxy) is 2. The summed E-state index contributed by atoms with van der Waals surface area (Å²) in [4.78, 5) is 23.7. The first-order chi connectivity index (χ1) is 9.60. The molecule has 1 rings (SSSR count). The number of carbonyl (C=O) groups excluding carboxylic acids is 2. The predicted octanol–water partition coefficient (Wildman–Crippen LogP) is 3.26. The van der Waals surface area contributed by atoms with Crippen LogP contribution in [0.15, 0.2) is 30.3 Å². The molecule has 0 saturated carbocycles. The van der Waals surface area contributed by atoms with Crippen molar-refractivity contribution >= 4 is 27.9 Å². The van der Waals surface area contributed by atoms with Gasteiger partial charge in [0.15, 0.2) is 5.92 Å². The second-order valence-electron chi connectivity index (χ2n) is 4.17. The minimum absolute atomic E-state index is 0.109. The fraction of sp³-hybridized carbons (Fsp3) is 0.467. The van der Waals surface area contributed by atoms with E-state index in [1.807, 2.05) is 30.3 Å². The Morgan fingerprint density at radius 2 is 1.55 bits per heavy atom. The number of rotatable bonds is 7. The minimum Gasteiger partial charge on any atom is -0.465 e. The lowest BCUT2D eigenvalue weighted by Gasteiger charge is -2.17. The maximum Gasteiger partial charge on any atom is 0.320 e. The topological polar surface area (TPSA) is 52.6 Å². The molecule has 0 fully saturated rings. The highest BCUT2D eigenvalue weighted by Gasteiger charge is 2.32. The summed E-state index contributed by atoms with van der Waals surface area (Å²) in [5.41, 5.74) is 1.01. The molecule has 0 aliphatic rings. The van der Waals surface area contributed by atoms with E-state index in [-0.39, 0.29) is 18.0 Å². The number of esters is 2. The lowest BCUT2D eigenvalue weighted by atomic mass is 9.99. The Morgan fingerprint density at radius 3 is 2.00 bits per heavy atom. The van der Waals surface area contributed by atoms with Crippen LogP contribution in [0.4, 0.5) is 0 Å². The number of hydrogen-bond acceptors (Lipinski definition) is 4. The highest BCUT2D eigenvalue weighted by Crippen LogP contribution is 2.30. The van der Waals surface area contributed by atoms with Gasteiger partial charge in [0.25, 0.3) is 0 Å². The normalized spacial score (nSPS) is 12.0.